The number of rotatable bonds is 5. The van der Waals surface area contributed by atoms with Gasteiger partial charge in [-0.05, 0) is 30.2 Å². The Hall–Kier alpha value is -2.04. The van der Waals surface area contributed by atoms with Crippen LogP contribution in [0.2, 0.25) is 10.0 Å². The van der Waals surface area contributed by atoms with Crippen molar-refractivity contribution < 1.29 is 9.90 Å². The minimum atomic E-state index is -0.261. The Labute approximate surface area is 138 Å². The van der Waals surface area contributed by atoms with Crippen molar-refractivity contribution in [1.82, 2.24) is 5.43 Å². The van der Waals surface area contributed by atoms with Gasteiger partial charge in [-0.1, -0.05) is 47.5 Å². The van der Waals surface area contributed by atoms with Crippen LogP contribution in [-0.4, -0.2) is 17.2 Å². The SMILES string of the molecule is O=C(CCc1ccccc1O)N/N=C\c1c(Cl)cccc1Cl. The zero-order chi connectivity index (χ0) is 15.9. The number of carbonyl (C=O) groups excluding carboxylic acids is 1. The van der Waals surface area contributed by atoms with Crippen LogP contribution in [0, 0.1) is 0 Å². The van der Waals surface area contributed by atoms with Gasteiger partial charge < -0.3 is 5.11 Å². The molecule has 114 valence electrons. The zero-order valence-corrected chi connectivity index (χ0v) is 13.1. The second-order valence-electron chi connectivity index (χ2n) is 4.56. The molecule has 0 aliphatic heterocycles. The van der Waals surface area contributed by atoms with Gasteiger partial charge in [-0.3, -0.25) is 4.79 Å². The van der Waals surface area contributed by atoms with Crippen molar-refractivity contribution in [2.45, 2.75) is 12.8 Å². The molecule has 0 heterocycles. The van der Waals surface area contributed by atoms with E-state index in [9.17, 15) is 9.90 Å². The van der Waals surface area contributed by atoms with Crippen LogP contribution in [0.3, 0.4) is 0 Å². The number of nitrogens with one attached hydrogen (secondary N) is 1. The van der Waals surface area contributed by atoms with Crippen molar-refractivity contribution in [3.8, 4) is 5.75 Å². The molecule has 0 saturated carbocycles. The summed E-state index contributed by atoms with van der Waals surface area (Å²) in [6.45, 7) is 0. The lowest BCUT2D eigenvalue weighted by Crippen LogP contribution is -2.18. The number of benzene rings is 2. The van der Waals surface area contributed by atoms with Gasteiger partial charge in [0.25, 0.3) is 0 Å². The first kappa shape index (κ1) is 16.3. The Balaban J connectivity index is 1.88. The van der Waals surface area contributed by atoms with Crippen LogP contribution in [-0.2, 0) is 11.2 Å². The maximum atomic E-state index is 11.7. The second kappa shape index (κ2) is 7.82. The number of nitrogens with zero attached hydrogens (tertiary/aromatic N) is 1. The molecule has 2 N–H and O–H groups in total. The fourth-order valence-electron chi connectivity index (χ4n) is 1.83. The summed E-state index contributed by atoms with van der Waals surface area (Å²) in [4.78, 5) is 11.7. The minimum absolute atomic E-state index is 0.182. The zero-order valence-electron chi connectivity index (χ0n) is 11.6. The summed E-state index contributed by atoms with van der Waals surface area (Å²) in [5.74, 6) is -0.0793. The van der Waals surface area contributed by atoms with Crippen LogP contribution in [0.1, 0.15) is 17.5 Å². The average molecular weight is 337 g/mol. The average Bonchev–Trinajstić information content (AvgIpc) is 2.49. The lowest BCUT2D eigenvalue weighted by Gasteiger charge is -2.04. The summed E-state index contributed by atoms with van der Waals surface area (Å²) in [7, 11) is 0. The molecule has 22 heavy (non-hydrogen) atoms. The molecule has 0 aliphatic rings. The predicted octanol–water partition coefficient (Wildman–Crippen LogP) is 3.78. The summed E-state index contributed by atoms with van der Waals surface area (Å²) in [6.07, 6.45) is 2.05. The molecule has 0 radical (unpaired) electrons. The number of phenolic OH excluding ortho intramolecular Hbond substituents is 1. The van der Waals surface area contributed by atoms with Crippen LogP contribution in [0.25, 0.3) is 0 Å². The van der Waals surface area contributed by atoms with E-state index in [-0.39, 0.29) is 18.1 Å². The van der Waals surface area contributed by atoms with Gasteiger partial charge in [-0.25, -0.2) is 5.43 Å². The molecule has 0 spiro atoms. The van der Waals surface area contributed by atoms with Gasteiger partial charge in [0.05, 0.1) is 16.3 Å². The first-order chi connectivity index (χ1) is 10.6. The van der Waals surface area contributed by atoms with Crippen LogP contribution in [0.5, 0.6) is 5.75 Å². The highest BCUT2D eigenvalue weighted by Crippen LogP contribution is 2.22. The van der Waals surface area contributed by atoms with Gasteiger partial charge in [-0.2, -0.15) is 5.10 Å². The Morgan fingerprint density at radius 2 is 1.82 bits per heavy atom. The number of carbonyl (C=O) groups is 1. The number of aromatic hydroxyl groups is 1. The van der Waals surface area contributed by atoms with Gasteiger partial charge in [0.1, 0.15) is 5.75 Å². The predicted molar refractivity (Wildman–Crippen MR) is 88.6 cm³/mol. The van der Waals surface area contributed by atoms with E-state index < -0.39 is 0 Å². The standard InChI is InChI=1S/C16H14Cl2N2O2/c17-13-5-3-6-14(18)12(13)10-19-20-16(22)9-8-11-4-1-2-7-15(11)21/h1-7,10,21H,8-9H2,(H,20,22)/b19-10-. The fourth-order valence-corrected chi connectivity index (χ4v) is 2.32. The van der Waals surface area contributed by atoms with E-state index in [1.54, 1.807) is 36.4 Å². The number of hydrogen-bond acceptors (Lipinski definition) is 3. The van der Waals surface area contributed by atoms with Crippen molar-refractivity contribution in [3.63, 3.8) is 0 Å². The third-order valence-electron chi connectivity index (χ3n) is 3.00. The van der Waals surface area contributed by atoms with Crippen LogP contribution >= 0.6 is 23.2 Å². The molecule has 1 amide bonds. The van der Waals surface area contributed by atoms with E-state index in [0.29, 0.717) is 22.0 Å². The number of para-hydroxylation sites is 1. The van der Waals surface area contributed by atoms with E-state index in [2.05, 4.69) is 10.5 Å². The third-order valence-corrected chi connectivity index (χ3v) is 3.65. The molecule has 0 atom stereocenters. The summed E-state index contributed by atoms with van der Waals surface area (Å²) in [5, 5.41) is 14.4. The first-order valence-electron chi connectivity index (χ1n) is 6.60. The molecule has 0 fully saturated rings. The smallest absolute Gasteiger partial charge is 0.240 e. The quantitative estimate of drug-likeness (QED) is 0.644. The molecule has 0 saturated heterocycles. The van der Waals surface area contributed by atoms with Crippen molar-refractivity contribution in [2.75, 3.05) is 0 Å². The van der Waals surface area contributed by atoms with Gasteiger partial charge >= 0.3 is 0 Å². The fraction of sp³-hybridized carbons (Fsp3) is 0.125. The Morgan fingerprint density at radius 3 is 2.50 bits per heavy atom. The molecule has 0 aliphatic carbocycles. The Kier molecular flexibility index (Phi) is 5.81. The highest BCUT2D eigenvalue weighted by molar-refractivity contribution is 6.38. The molecule has 6 heteroatoms. The molecule has 4 nitrogen and oxygen atoms in total. The lowest BCUT2D eigenvalue weighted by molar-refractivity contribution is -0.121. The molecule has 2 aromatic carbocycles. The number of halogens is 2. The van der Waals surface area contributed by atoms with Crippen molar-refractivity contribution >= 4 is 35.3 Å². The minimum Gasteiger partial charge on any atom is -0.508 e. The maximum absolute atomic E-state index is 11.7. The molecule has 2 rings (SSSR count). The maximum Gasteiger partial charge on any atom is 0.240 e. The van der Waals surface area contributed by atoms with Crippen molar-refractivity contribution in [2.24, 2.45) is 5.10 Å². The lowest BCUT2D eigenvalue weighted by atomic mass is 10.1. The van der Waals surface area contributed by atoms with E-state index >= 15 is 0 Å². The van der Waals surface area contributed by atoms with E-state index in [4.69, 9.17) is 23.2 Å². The van der Waals surface area contributed by atoms with E-state index in [0.717, 1.165) is 5.56 Å². The largest absolute Gasteiger partial charge is 0.508 e. The topological polar surface area (TPSA) is 61.7 Å². The Morgan fingerprint density at radius 1 is 1.14 bits per heavy atom. The third kappa shape index (κ3) is 4.48. The monoisotopic (exact) mass is 336 g/mol. The first-order valence-corrected chi connectivity index (χ1v) is 7.36. The van der Waals surface area contributed by atoms with E-state index in [1.165, 1.54) is 6.21 Å². The van der Waals surface area contributed by atoms with E-state index in [1.807, 2.05) is 6.07 Å². The summed E-state index contributed by atoms with van der Waals surface area (Å²) in [6, 6.07) is 12.0. The van der Waals surface area contributed by atoms with Crippen LogP contribution in [0.4, 0.5) is 0 Å². The molecule has 0 bridgehead atoms. The number of aryl methyl sites for hydroxylation is 1. The number of amides is 1. The van der Waals surface area contributed by atoms with Crippen molar-refractivity contribution in [1.29, 1.82) is 0 Å². The summed E-state index contributed by atoms with van der Waals surface area (Å²) in [5.41, 5.74) is 3.67. The molecule has 2 aromatic rings. The Bertz CT molecular complexity index is 682. The highest BCUT2D eigenvalue weighted by atomic mass is 35.5. The van der Waals surface area contributed by atoms with Crippen molar-refractivity contribution in [3.05, 3.63) is 63.6 Å². The van der Waals surface area contributed by atoms with Crippen LogP contribution < -0.4 is 5.43 Å². The van der Waals surface area contributed by atoms with Gasteiger partial charge in [0.2, 0.25) is 5.91 Å². The highest BCUT2D eigenvalue weighted by Gasteiger charge is 2.05. The van der Waals surface area contributed by atoms with Crippen LogP contribution in [0.15, 0.2) is 47.6 Å². The molecular formula is C16H14Cl2N2O2. The number of hydrogen-bond donors (Lipinski definition) is 2. The summed E-state index contributed by atoms with van der Waals surface area (Å²) < 4.78 is 0. The number of phenols is 1. The normalized spacial score (nSPS) is 10.8. The van der Waals surface area contributed by atoms with Gasteiger partial charge in [0, 0.05) is 12.0 Å². The second-order valence-corrected chi connectivity index (χ2v) is 5.37. The molecule has 0 aromatic heterocycles. The summed E-state index contributed by atoms with van der Waals surface area (Å²) >= 11 is 12.0. The molecular weight excluding hydrogens is 323 g/mol. The molecule has 0 unspecified atom stereocenters. The number of hydrazone groups is 1. The van der Waals surface area contributed by atoms with Gasteiger partial charge in [0.15, 0.2) is 0 Å². The van der Waals surface area contributed by atoms with Gasteiger partial charge in [-0.15, -0.1) is 0 Å².